The number of aliphatic hydroxyl groups is 1. The Balaban J connectivity index is 2.22. The Kier molecular flexibility index (Phi) is 1.69. The molecule has 1 atom stereocenters. The monoisotopic (exact) mass is 112 g/mol. The van der Waals surface area contributed by atoms with Gasteiger partial charge in [0.05, 0.1) is 6.10 Å². The van der Waals surface area contributed by atoms with E-state index in [2.05, 4.69) is 0 Å². The van der Waals surface area contributed by atoms with Crippen molar-refractivity contribution < 1.29 is 5.11 Å². The first-order valence-corrected chi connectivity index (χ1v) is 3.15. The fraction of sp³-hybridized carbons (Fsp3) is 0.714. The molecule has 0 bridgehead atoms. The summed E-state index contributed by atoms with van der Waals surface area (Å²) in [7, 11) is 0. The first-order chi connectivity index (χ1) is 3.84. The average Bonchev–Trinajstić information content (AvgIpc) is 2.45. The fourth-order valence-electron chi connectivity index (χ4n) is 0.792. The van der Waals surface area contributed by atoms with Crippen LogP contribution in [0.15, 0.2) is 12.2 Å². The molecule has 1 aliphatic carbocycles. The van der Waals surface area contributed by atoms with E-state index in [1.807, 2.05) is 19.1 Å². The van der Waals surface area contributed by atoms with E-state index in [0.29, 0.717) is 5.92 Å². The van der Waals surface area contributed by atoms with Gasteiger partial charge in [0.1, 0.15) is 0 Å². The molecule has 0 heterocycles. The number of allylic oxidation sites excluding steroid dienone is 1. The maximum atomic E-state index is 9.10. The van der Waals surface area contributed by atoms with Crippen molar-refractivity contribution in [3.05, 3.63) is 12.2 Å². The van der Waals surface area contributed by atoms with Crippen molar-refractivity contribution in [1.29, 1.82) is 0 Å². The van der Waals surface area contributed by atoms with Crippen molar-refractivity contribution in [1.82, 2.24) is 0 Å². The molecular weight excluding hydrogens is 100 g/mol. The molecule has 0 aromatic rings. The van der Waals surface area contributed by atoms with Crippen LogP contribution in [0.5, 0.6) is 0 Å². The van der Waals surface area contributed by atoms with Gasteiger partial charge in [0.2, 0.25) is 0 Å². The second-order valence-corrected chi connectivity index (χ2v) is 2.35. The van der Waals surface area contributed by atoms with Crippen molar-refractivity contribution in [3.8, 4) is 0 Å². The third-order valence-electron chi connectivity index (χ3n) is 1.49. The SMILES string of the molecule is C/C=C/C(O)C1CC1. The summed E-state index contributed by atoms with van der Waals surface area (Å²) in [6, 6.07) is 0. The van der Waals surface area contributed by atoms with E-state index < -0.39 is 0 Å². The molecule has 1 heteroatoms. The van der Waals surface area contributed by atoms with Crippen molar-refractivity contribution in [2.75, 3.05) is 0 Å². The van der Waals surface area contributed by atoms with E-state index in [9.17, 15) is 0 Å². The zero-order valence-electron chi connectivity index (χ0n) is 5.17. The summed E-state index contributed by atoms with van der Waals surface area (Å²) in [6.07, 6.45) is 6.04. The highest BCUT2D eigenvalue weighted by atomic mass is 16.3. The Morgan fingerprint density at radius 3 is 2.62 bits per heavy atom. The maximum Gasteiger partial charge on any atom is 0.0748 e. The lowest BCUT2D eigenvalue weighted by Crippen LogP contribution is -2.03. The van der Waals surface area contributed by atoms with Gasteiger partial charge in [-0.25, -0.2) is 0 Å². The minimum atomic E-state index is -0.153. The lowest BCUT2D eigenvalue weighted by molar-refractivity contribution is 0.199. The number of aliphatic hydroxyl groups excluding tert-OH is 1. The van der Waals surface area contributed by atoms with Gasteiger partial charge in [0, 0.05) is 0 Å². The lowest BCUT2D eigenvalue weighted by atomic mass is 10.2. The minimum Gasteiger partial charge on any atom is -0.389 e. The highest BCUT2D eigenvalue weighted by molar-refractivity contribution is 4.94. The van der Waals surface area contributed by atoms with E-state index in [-0.39, 0.29) is 6.10 Å². The molecule has 0 aliphatic heterocycles. The van der Waals surface area contributed by atoms with Crippen LogP contribution < -0.4 is 0 Å². The van der Waals surface area contributed by atoms with Crippen molar-refractivity contribution in [2.24, 2.45) is 5.92 Å². The van der Waals surface area contributed by atoms with Crippen LogP contribution in [0.2, 0.25) is 0 Å². The Bertz CT molecular complexity index is 92.6. The molecule has 1 nitrogen and oxygen atoms in total. The Hall–Kier alpha value is -0.300. The van der Waals surface area contributed by atoms with E-state index in [4.69, 9.17) is 5.11 Å². The summed E-state index contributed by atoms with van der Waals surface area (Å²) in [6.45, 7) is 1.94. The van der Waals surface area contributed by atoms with Crippen molar-refractivity contribution >= 4 is 0 Å². The molecule has 0 amide bonds. The Labute approximate surface area is 50.0 Å². The van der Waals surface area contributed by atoms with Gasteiger partial charge in [-0.2, -0.15) is 0 Å². The normalized spacial score (nSPS) is 24.2. The molecule has 0 aromatic heterocycles. The molecule has 46 valence electrons. The van der Waals surface area contributed by atoms with Crippen LogP contribution in [-0.4, -0.2) is 11.2 Å². The standard InChI is InChI=1S/C7H12O/c1-2-3-7(8)6-4-5-6/h2-3,6-8H,4-5H2,1H3/b3-2+. The van der Waals surface area contributed by atoms with E-state index in [1.165, 1.54) is 12.8 Å². The summed E-state index contributed by atoms with van der Waals surface area (Å²) in [4.78, 5) is 0. The molecule has 1 N–H and O–H groups in total. The third-order valence-corrected chi connectivity index (χ3v) is 1.49. The smallest absolute Gasteiger partial charge is 0.0748 e. The van der Waals surface area contributed by atoms with Gasteiger partial charge in [-0.05, 0) is 25.7 Å². The topological polar surface area (TPSA) is 20.2 Å². The van der Waals surface area contributed by atoms with Crippen LogP contribution in [-0.2, 0) is 0 Å². The minimum absolute atomic E-state index is 0.153. The van der Waals surface area contributed by atoms with Crippen LogP contribution in [0, 0.1) is 5.92 Å². The lowest BCUT2D eigenvalue weighted by Gasteiger charge is -1.98. The fourth-order valence-corrected chi connectivity index (χ4v) is 0.792. The summed E-state index contributed by atoms with van der Waals surface area (Å²) in [5.41, 5.74) is 0. The quantitative estimate of drug-likeness (QED) is 0.534. The molecule has 1 aliphatic rings. The summed E-state index contributed by atoms with van der Waals surface area (Å²) >= 11 is 0. The highest BCUT2D eigenvalue weighted by Gasteiger charge is 2.27. The van der Waals surface area contributed by atoms with Crippen molar-refractivity contribution in [3.63, 3.8) is 0 Å². The zero-order chi connectivity index (χ0) is 5.98. The van der Waals surface area contributed by atoms with Gasteiger partial charge in [0.25, 0.3) is 0 Å². The molecule has 1 saturated carbocycles. The molecule has 0 aromatic carbocycles. The van der Waals surface area contributed by atoms with Crippen LogP contribution in [0.4, 0.5) is 0 Å². The Morgan fingerprint density at radius 2 is 2.25 bits per heavy atom. The van der Waals surface area contributed by atoms with Crippen LogP contribution in [0.3, 0.4) is 0 Å². The first-order valence-electron chi connectivity index (χ1n) is 3.15. The molecule has 0 radical (unpaired) electrons. The van der Waals surface area contributed by atoms with Crippen molar-refractivity contribution in [2.45, 2.75) is 25.9 Å². The highest BCUT2D eigenvalue weighted by Crippen LogP contribution is 2.32. The third kappa shape index (κ3) is 1.34. The Morgan fingerprint density at radius 1 is 1.62 bits per heavy atom. The summed E-state index contributed by atoms with van der Waals surface area (Å²) in [5, 5.41) is 9.10. The van der Waals surface area contributed by atoms with Crippen LogP contribution in [0.25, 0.3) is 0 Å². The molecule has 0 spiro atoms. The van der Waals surface area contributed by atoms with Gasteiger partial charge >= 0.3 is 0 Å². The molecule has 8 heavy (non-hydrogen) atoms. The van der Waals surface area contributed by atoms with E-state index >= 15 is 0 Å². The number of rotatable bonds is 2. The number of hydrogen-bond acceptors (Lipinski definition) is 1. The second kappa shape index (κ2) is 2.31. The van der Waals surface area contributed by atoms with Gasteiger partial charge in [-0.1, -0.05) is 12.2 Å². The summed E-state index contributed by atoms with van der Waals surface area (Å²) in [5.74, 6) is 0.589. The predicted molar refractivity (Wildman–Crippen MR) is 33.5 cm³/mol. The molecule has 1 unspecified atom stereocenters. The first kappa shape index (κ1) is 5.83. The molecular formula is C7H12O. The molecule has 1 fully saturated rings. The van der Waals surface area contributed by atoms with Gasteiger partial charge in [0.15, 0.2) is 0 Å². The largest absolute Gasteiger partial charge is 0.389 e. The van der Waals surface area contributed by atoms with Crippen LogP contribution >= 0.6 is 0 Å². The van der Waals surface area contributed by atoms with E-state index in [1.54, 1.807) is 0 Å². The van der Waals surface area contributed by atoms with Gasteiger partial charge < -0.3 is 5.11 Å². The van der Waals surface area contributed by atoms with Crippen LogP contribution in [0.1, 0.15) is 19.8 Å². The number of hydrogen-bond donors (Lipinski definition) is 1. The summed E-state index contributed by atoms with van der Waals surface area (Å²) < 4.78 is 0. The molecule has 1 rings (SSSR count). The molecule has 0 saturated heterocycles. The van der Waals surface area contributed by atoms with Gasteiger partial charge in [-0.3, -0.25) is 0 Å². The maximum absolute atomic E-state index is 9.10. The predicted octanol–water partition coefficient (Wildman–Crippen LogP) is 1.33. The average molecular weight is 112 g/mol. The second-order valence-electron chi connectivity index (χ2n) is 2.35. The van der Waals surface area contributed by atoms with E-state index in [0.717, 1.165) is 0 Å². The van der Waals surface area contributed by atoms with Gasteiger partial charge in [-0.15, -0.1) is 0 Å². The zero-order valence-corrected chi connectivity index (χ0v) is 5.17.